The number of hydrogen-bond acceptors (Lipinski definition) is 5. The summed E-state index contributed by atoms with van der Waals surface area (Å²) < 4.78 is 26.5. The van der Waals surface area contributed by atoms with Gasteiger partial charge in [-0.05, 0) is 43.7 Å². The second kappa shape index (κ2) is 9.85. The number of aliphatic hydroxyl groups excluding tert-OH is 1. The van der Waals surface area contributed by atoms with Gasteiger partial charge < -0.3 is 15.3 Å². The van der Waals surface area contributed by atoms with E-state index in [1.165, 1.54) is 25.1 Å². The predicted octanol–water partition coefficient (Wildman–Crippen LogP) is 3.24. The summed E-state index contributed by atoms with van der Waals surface area (Å²) >= 11 is 11.8. The zero-order valence-electron chi connectivity index (χ0n) is 15.3. The molecule has 0 spiro atoms. The van der Waals surface area contributed by atoms with Crippen molar-refractivity contribution in [2.24, 2.45) is 0 Å². The van der Waals surface area contributed by atoms with Crippen molar-refractivity contribution < 1.29 is 23.9 Å². The third-order valence-corrected chi connectivity index (χ3v) is 6.58. The smallest absolute Gasteiger partial charge is 0.144 e. The standard InChI is InChI=1S/C12H15Cl2NO3S.C7H4FNO/c1-8(16)12(17)4-5-15(7-12)19(18)11-3-2-9(13)6-10(11)14;8-7-3-6(10)2-1-5(7)4-9/h2-3,6,8,16-17H,4-5,7H2,1H3;1-3,10H. The average molecular weight is 461 g/mol. The van der Waals surface area contributed by atoms with E-state index in [-0.39, 0.29) is 17.9 Å². The molecule has 3 rings (SSSR count). The maximum Gasteiger partial charge on any atom is 0.144 e. The lowest BCUT2D eigenvalue weighted by atomic mass is 9.97. The molecule has 3 unspecified atom stereocenters. The Balaban J connectivity index is 0.000000253. The quantitative estimate of drug-likeness (QED) is 0.651. The Morgan fingerprint density at radius 2 is 2.00 bits per heavy atom. The molecule has 29 heavy (non-hydrogen) atoms. The van der Waals surface area contributed by atoms with Gasteiger partial charge >= 0.3 is 0 Å². The Kier molecular flexibility index (Phi) is 8.00. The summed E-state index contributed by atoms with van der Waals surface area (Å²) in [6.45, 7) is 2.12. The number of β-amino-alcohol motifs (C(OH)–C–C–N with tert-alkyl or cyclic N) is 1. The SMILES string of the molecule is CC(O)C1(O)CCN(S(=O)c2ccc(Cl)cc2Cl)C1.N#Cc1ccc(O)cc1F. The van der Waals surface area contributed by atoms with Crippen LogP contribution in [0.1, 0.15) is 18.9 Å². The zero-order chi connectivity index (χ0) is 21.8. The molecule has 2 aromatic carbocycles. The summed E-state index contributed by atoms with van der Waals surface area (Å²) in [4.78, 5) is 0.459. The number of aliphatic hydroxyl groups is 2. The van der Waals surface area contributed by atoms with Gasteiger partial charge in [0.25, 0.3) is 0 Å². The van der Waals surface area contributed by atoms with Crippen LogP contribution < -0.4 is 0 Å². The molecule has 1 aliphatic heterocycles. The zero-order valence-corrected chi connectivity index (χ0v) is 17.7. The van der Waals surface area contributed by atoms with Gasteiger partial charge in [0.05, 0.1) is 21.6 Å². The molecule has 0 saturated carbocycles. The van der Waals surface area contributed by atoms with Gasteiger partial charge in [0, 0.05) is 24.2 Å². The molecule has 0 aliphatic carbocycles. The number of aromatic hydroxyl groups is 1. The van der Waals surface area contributed by atoms with Crippen LogP contribution in [-0.4, -0.2) is 48.6 Å². The third kappa shape index (κ3) is 5.89. The van der Waals surface area contributed by atoms with Crippen molar-refractivity contribution in [2.45, 2.75) is 29.9 Å². The molecular weight excluding hydrogens is 442 g/mol. The lowest BCUT2D eigenvalue weighted by Gasteiger charge is -2.25. The van der Waals surface area contributed by atoms with Crippen molar-refractivity contribution in [3.63, 3.8) is 0 Å². The number of phenols is 1. The van der Waals surface area contributed by atoms with Crippen LogP contribution in [0.4, 0.5) is 4.39 Å². The van der Waals surface area contributed by atoms with E-state index in [0.717, 1.165) is 6.07 Å². The van der Waals surface area contributed by atoms with Crippen molar-refractivity contribution in [1.29, 1.82) is 5.26 Å². The predicted molar refractivity (Wildman–Crippen MR) is 108 cm³/mol. The Hall–Kier alpha value is -1.73. The lowest BCUT2D eigenvalue weighted by Crippen LogP contribution is -2.43. The molecule has 1 aliphatic rings. The van der Waals surface area contributed by atoms with E-state index >= 15 is 0 Å². The van der Waals surface area contributed by atoms with E-state index in [1.54, 1.807) is 22.5 Å². The monoisotopic (exact) mass is 460 g/mol. The first-order chi connectivity index (χ1) is 13.6. The van der Waals surface area contributed by atoms with Crippen LogP contribution in [0.25, 0.3) is 0 Å². The average Bonchev–Trinajstić information content (AvgIpc) is 3.06. The van der Waals surface area contributed by atoms with Crippen LogP contribution >= 0.6 is 23.2 Å². The van der Waals surface area contributed by atoms with E-state index in [4.69, 9.17) is 33.6 Å². The normalized spacial score (nSPS) is 21.0. The van der Waals surface area contributed by atoms with Gasteiger partial charge in [0.1, 0.15) is 34.2 Å². The van der Waals surface area contributed by atoms with Crippen LogP contribution in [0.5, 0.6) is 5.75 Å². The van der Waals surface area contributed by atoms with Crippen molar-refractivity contribution >= 4 is 34.2 Å². The number of phenolic OH excluding ortho intramolecular Hbond substituents is 1. The largest absolute Gasteiger partial charge is 0.508 e. The Bertz CT molecular complexity index is 954. The molecule has 1 heterocycles. The van der Waals surface area contributed by atoms with Gasteiger partial charge in [-0.3, -0.25) is 0 Å². The third-order valence-electron chi connectivity index (χ3n) is 4.41. The molecule has 1 saturated heterocycles. The van der Waals surface area contributed by atoms with E-state index < -0.39 is 28.5 Å². The minimum absolute atomic E-state index is 0.0576. The topological polar surface area (TPSA) is 105 Å². The highest BCUT2D eigenvalue weighted by molar-refractivity contribution is 7.82. The fourth-order valence-corrected chi connectivity index (χ4v) is 4.51. The second-order valence-corrected chi connectivity index (χ2v) is 8.79. The minimum atomic E-state index is -1.47. The first kappa shape index (κ1) is 23.5. The van der Waals surface area contributed by atoms with Gasteiger partial charge in [0.2, 0.25) is 0 Å². The van der Waals surface area contributed by atoms with E-state index in [9.17, 15) is 18.8 Å². The number of nitrogens with zero attached hydrogens (tertiary/aromatic N) is 2. The Morgan fingerprint density at radius 1 is 1.31 bits per heavy atom. The van der Waals surface area contributed by atoms with Crippen LogP contribution in [0.2, 0.25) is 10.0 Å². The molecule has 3 N–H and O–H groups in total. The van der Waals surface area contributed by atoms with Crippen LogP contribution in [-0.2, 0) is 11.0 Å². The summed E-state index contributed by atoms with van der Waals surface area (Å²) in [6.07, 6.45) is -0.489. The summed E-state index contributed by atoms with van der Waals surface area (Å²) in [5, 5.41) is 37.5. The van der Waals surface area contributed by atoms with Crippen molar-refractivity contribution in [2.75, 3.05) is 13.1 Å². The molecule has 0 amide bonds. The fraction of sp³-hybridized carbons (Fsp3) is 0.316. The molecule has 10 heteroatoms. The van der Waals surface area contributed by atoms with E-state index in [1.807, 2.05) is 0 Å². The minimum Gasteiger partial charge on any atom is -0.508 e. The molecule has 156 valence electrons. The molecule has 6 nitrogen and oxygen atoms in total. The Labute approximate surface area is 180 Å². The van der Waals surface area contributed by atoms with Crippen molar-refractivity contribution in [3.8, 4) is 11.8 Å². The maximum absolute atomic E-state index is 12.5. The molecule has 1 fully saturated rings. The van der Waals surface area contributed by atoms with Gasteiger partial charge in [-0.1, -0.05) is 23.2 Å². The highest BCUT2D eigenvalue weighted by Crippen LogP contribution is 2.31. The summed E-state index contributed by atoms with van der Waals surface area (Å²) in [5.74, 6) is -0.862. The fourth-order valence-electron chi connectivity index (χ4n) is 2.61. The first-order valence-corrected chi connectivity index (χ1v) is 10.3. The van der Waals surface area contributed by atoms with Gasteiger partial charge in [-0.25, -0.2) is 12.9 Å². The highest BCUT2D eigenvalue weighted by atomic mass is 35.5. The maximum atomic E-state index is 12.5. The molecular formula is C19H19Cl2FN2O4S. The lowest BCUT2D eigenvalue weighted by molar-refractivity contribution is -0.0534. The first-order valence-electron chi connectivity index (χ1n) is 8.48. The van der Waals surface area contributed by atoms with Gasteiger partial charge in [-0.2, -0.15) is 5.26 Å². The van der Waals surface area contributed by atoms with E-state index in [2.05, 4.69) is 0 Å². The second-order valence-electron chi connectivity index (χ2n) is 6.49. The van der Waals surface area contributed by atoms with Crippen LogP contribution in [0, 0.1) is 17.1 Å². The summed E-state index contributed by atoms with van der Waals surface area (Å²) in [7, 11) is -1.47. The Morgan fingerprint density at radius 3 is 2.52 bits per heavy atom. The number of benzene rings is 2. The summed E-state index contributed by atoms with van der Waals surface area (Å²) in [5.41, 5.74) is -1.27. The highest BCUT2D eigenvalue weighted by Gasteiger charge is 2.42. The molecule has 3 atom stereocenters. The van der Waals surface area contributed by atoms with Gasteiger partial charge in [-0.15, -0.1) is 0 Å². The molecule has 0 radical (unpaired) electrons. The van der Waals surface area contributed by atoms with Gasteiger partial charge in [0.15, 0.2) is 0 Å². The van der Waals surface area contributed by atoms with Crippen LogP contribution in [0.15, 0.2) is 41.3 Å². The molecule has 2 aromatic rings. The summed E-state index contributed by atoms with van der Waals surface area (Å²) in [6, 6.07) is 9.80. The number of halogens is 3. The van der Waals surface area contributed by atoms with Crippen molar-refractivity contribution in [1.82, 2.24) is 4.31 Å². The van der Waals surface area contributed by atoms with Crippen LogP contribution in [0.3, 0.4) is 0 Å². The molecule has 0 aromatic heterocycles. The number of hydrogen-bond donors (Lipinski definition) is 3. The number of nitriles is 1. The number of rotatable bonds is 3. The molecule has 0 bridgehead atoms. The van der Waals surface area contributed by atoms with Crippen molar-refractivity contribution in [3.05, 3.63) is 57.8 Å². The van der Waals surface area contributed by atoms with E-state index in [0.29, 0.717) is 27.9 Å².